The average Bonchev–Trinajstić information content (AvgIpc) is 3.43. The van der Waals surface area contributed by atoms with Crippen molar-refractivity contribution in [2.75, 3.05) is 27.2 Å². The van der Waals surface area contributed by atoms with Gasteiger partial charge in [0.15, 0.2) is 5.82 Å². The molecule has 1 aromatic rings. The quantitative estimate of drug-likeness (QED) is 0.0970. The van der Waals surface area contributed by atoms with Gasteiger partial charge in [-0.05, 0) is 63.6 Å². The molecule has 0 aromatic carbocycles. The molecule has 3 N–H and O–H groups in total. The molecule has 1 aliphatic carbocycles. The van der Waals surface area contributed by atoms with Crippen LogP contribution >= 0.6 is 11.6 Å². The van der Waals surface area contributed by atoms with Crippen molar-refractivity contribution in [2.45, 2.75) is 65.2 Å². The van der Waals surface area contributed by atoms with Crippen molar-refractivity contribution < 1.29 is 28.2 Å². The van der Waals surface area contributed by atoms with Gasteiger partial charge in [-0.15, -0.1) is 0 Å². The van der Waals surface area contributed by atoms with Crippen molar-refractivity contribution in [1.82, 2.24) is 25.5 Å². The molecule has 2 amide bonds. The Morgan fingerprint density at radius 1 is 1.37 bits per heavy atom. The van der Waals surface area contributed by atoms with Gasteiger partial charge in [-0.2, -0.15) is 0 Å². The molecule has 2 rings (SSSR count). The second-order valence-electron chi connectivity index (χ2n) is 10.8. The van der Waals surface area contributed by atoms with E-state index in [0.29, 0.717) is 36.6 Å². The lowest BCUT2D eigenvalue weighted by Crippen LogP contribution is -2.37. The number of nitrogens with zero attached hydrogens (tertiary/aromatic N) is 4. The van der Waals surface area contributed by atoms with E-state index in [-0.39, 0.29) is 35.6 Å². The van der Waals surface area contributed by atoms with Crippen molar-refractivity contribution in [3.05, 3.63) is 53.0 Å². The largest absolute Gasteiger partial charge is 0.464 e. The molecule has 236 valence electrons. The molecule has 0 spiro atoms. The molecule has 12 nitrogen and oxygen atoms in total. The molecule has 0 fully saturated rings. The van der Waals surface area contributed by atoms with Gasteiger partial charge in [0, 0.05) is 44.9 Å². The Morgan fingerprint density at radius 3 is 2.72 bits per heavy atom. The highest BCUT2D eigenvalue weighted by atomic mass is 35.5. The van der Waals surface area contributed by atoms with Crippen LogP contribution in [-0.2, 0) is 20.7 Å². The highest BCUT2D eigenvalue weighted by Crippen LogP contribution is 2.25. The van der Waals surface area contributed by atoms with Gasteiger partial charge < -0.3 is 30.0 Å². The maximum atomic E-state index is 15.1. The molecule has 0 saturated heterocycles. The molecule has 14 heteroatoms. The van der Waals surface area contributed by atoms with Crippen LogP contribution in [-0.4, -0.2) is 83.9 Å². The predicted octanol–water partition coefficient (Wildman–Crippen LogP) is 4.42. The van der Waals surface area contributed by atoms with Crippen LogP contribution in [0.5, 0.6) is 0 Å². The van der Waals surface area contributed by atoms with Crippen LogP contribution in [0.4, 0.5) is 9.18 Å². The molecule has 0 bridgehead atoms. The van der Waals surface area contributed by atoms with Gasteiger partial charge in [0.25, 0.3) is 5.91 Å². The Labute approximate surface area is 256 Å². The normalized spacial score (nSPS) is 16.4. The summed E-state index contributed by atoms with van der Waals surface area (Å²) in [5.41, 5.74) is 0.514. The van der Waals surface area contributed by atoms with Gasteiger partial charge in [-0.3, -0.25) is 4.79 Å². The van der Waals surface area contributed by atoms with Crippen LogP contribution in [0.1, 0.15) is 63.3 Å². The topological polar surface area (TPSA) is 150 Å². The fourth-order valence-corrected chi connectivity index (χ4v) is 4.18. The van der Waals surface area contributed by atoms with E-state index in [1.165, 1.54) is 19.4 Å². The van der Waals surface area contributed by atoms with Crippen LogP contribution in [0, 0.1) is 5.92 Å². The van der Waals surface area contributed by atoms with Crippen LogP contribution in [0.3, 0.4) is 0 Å². The van der Waals surface area contributed by atoms with E-state index in [0.717, 1.165) is 6.42 Å². The number of carbonyl (C=O) groups excluding carboxylic acids is 3. The fraction of sp³-hybridized carbons (Fsp3) is 0.517. The van der Waals surface area contributed by atoms with E-state index in [1.54, 1.807) is 44.9 Å². The first-order valence-corrected chi connectivity index (χ1v) is 14.2. The second-order valence-corrected chi connectivity index (χ2v) is 11.1. The summed E-state index contributed by atoms with van der Waals surface area (Å²) in [6, 6.07) is 0. The number of methoxy groups -OCH3 is 1. The Morgan fingerprint density at radius 2 is 2.09 bits per heavy atom. The maximum absolute atomic E-state index is 15.1. The number of esters is 1. The number of carbonyl (C=O) groups is 3. The van der Waals surface area contributed by atoms with Gasteiger partial charge in [0.1, 0.15) is 17.5 Å². The van der Waals surface area contributed by atoms with E-state index in [4.69, 9.17) is 21.1 Å². The molecule has 43 heavy (non-hydrogen) atoms. The minimum atomic E-state index is -1.31. The van der Waals surface area contributed by atoms with Crippen molar-refractivity contribution in [3.63, 3.8) is 0 Å². The zero-order valence-electron chi connectivity index (χ0n) is 25.5. The molecular weight excluding hydrogens is 581 g/mol. The Hall–Kier alpha value is -4.00. The first-order valence-electron chi connectivity index (χ1n) is 13.8. The number of alkyl halides is 1. The number of allylic oxidation sites excluding steroid dienone is 4. The van der Waals surface area contributed by atoms with Crippen LogP contribution < -0.4 is 10.6 Å². The van der Waals surface area contributed by atoms with E-state index in [9.17, 15) is 14.4 Å². The molecule has 0 saturated carbocycles. The van der Waals surface area contributed by atoms with Gasteiger partial charge in [0.2, 0.25) is 5.29 Å². The number of aromatic amines is 1. The molecular formula is C29H41ClFN7O5. The van der Waals surface area contributed by atoms with Gasteiger partial charge in [-0.25, -0.2) is 28.9 Å². The lowest BCUT2D eigenvalue weighted by Gasteiger charge is -2.30. The van der Waals surface area contributed by atoms with Crippen molar-refractivity contribution in [2.24, 2.45) is 15.9 Å². The summed E-state index contributed by atoms with van der Waals surface area (Å²) in [5.74, 6) is -1.14. The molecule has 1 heterocycles. The summed E-state index contributed by atoms with van der Waals surface area (Å²) >= 11 is 5.75. The first kappa shape index (κ1) is 35.2. The van der Waals surface area contributed by atoms with Gasteiger partial charge >= 0.3 is 12.1 Å². The lowest BCUT2D eigenvalue weighted by molar-refractivity contribution is -0.136. The van der Waals surface area contributed by atoms with Crippen molar-refractivity contribution in [1.29, 1.82) is 0 Å². The number of aromatic nitrogens is 2. The number of hydrogen-bond donors (Lipinski definition) is 3. The number of aliphatic imine (C=N–C) groups is 2. The summed E-state index contributed by atoms with van der Waals surface area (Å²) in [6.07, 6.45) is 6.26. The minimum Gasteiger partial charge on any atom is -0.464 e. The molecule has 0 radical (unpaired) electrons. The highest BCUT2D eigenvalue weighted by molar-refractivity contribution is 6.65. The third kappa shape index (κ3) is 11.7. The maximum Gasteiger partial charge on any atom is 0.407 e. The van der Waals surface area contributed by atoms with Gasteiger partial charge in [-0.1, -0.05) is 19.4 Å². The summed E-state index contributed by atoms with van der Waals surface area (Å²) in [6.45, 7) is 11.6. The monoisotopic (exact) mass is 621 g/mol. The number of rotatable bonds is 13. The molecule has 1 aliphatic rings. The van der Waals surface area contributed by atoms with Crippen LogP contribution in [0.15, 0.2) is 51.5 Å². The Bertz CT molecular complexity index is 1280. The number of hydrogen-bond acceptors (Lipinski definition) is 8. The summed E-state index contributed by atoms with van der Waals surface area (Å²) in [5, 5.41) is 5.33. The predicted molar refractivity (Wildman–Crippen MR) is 164 cm³/mol. The number of nitrogens with one attached hydrogen (secondary N) is 3. The molecule has 0 aliphatic heterocycles. The summed E-state index contributed by atoms with van der Waals surface area (Å²) < 4.78 is 25.1. The fourth-order valence-electron chi connectivity index (χ4n) is 4.09. The molecule has 1 aromatic heterocycles. The SMILES string of the molecule is C=NC(Cl)=N/C(=C\Cc1cnc(C(=O)NC2=C(N(C)CCC(CC)CNC(=O)OC(C)(C)C)C(F)CC=C2)[nH]1)C(=O)OC. The lowest BCUT2D eigenvalue weighted by atomic mass is 10.0. The number of H-pyrrole nitrogens is 1. The summed E-state index contributed by atoms with van der Waals surface area (Å²) in [7, 11) is 2.97. The van der Waals surface area contributed by atoms with E-state index in [2.05, 4.69) is 37.3 Å². The van der Waals surface area contributed by atoms with E-state index >= 15 is 4.39 Å². The van der Waals surface area contributed by atoms with E-state index < -0.39 is 29.7 Å². The third-order valence-electron chi connectivity index (χ3n) is 6.34. The van der Waals surface area contributed by atoms with Crippen LogP contribution in [0.25, 0.3) is 0 Å². The van der Waals surface area contributed by atoms with Gasteiger partial charge in [0.05, 0.1) is 18.5 Å². The zero-order chi connectivity index (χ0) is 32.2. The third-order valence-corrected chi connectivity index (χ3v) is 6.54. The zero-order valence-corrected chi connectivity index (χ0v) is 26.3. The highest BCUT2D eigenvalue weighted by Gasteiger charge is 2.26. The summed E-state index contributed by atoms with van der Waals surface area (Å²) in [4.78, 5) is 53.1. The standard InChI is InChI=1S/C29H41ClFN7O5/c1-8-18(16-34-28(41)43-29(2,3)4)14-15-38(6)23-20(31)10-9-11-21(23)36-25(39)24-33-17-19(35-24)12-13-22(26(40)42-7)37-27(30)32-5/h9,11,13,17-18,20H,5,8,10,12,14-16H2,1-4,6-7H3,(H,33,35)(H,34,41)(H,36,39)/b22-13-,37-27?. The smallest absolute Gasteiger partial charge is 0.407 e. The Balaban J connectivity index is 2.09. The first-order chi connectivity index (χ1) is 20.3. The number of amides is 2. The van der Waals surface area contributed by atoms with Crippen molar-refractivity contribution >= 4 is 41.6 Å². The number of ether oxygens (including phenoxy) is 2. The Kier molecular flexibility index (Phi) is 13.6. The molecule has 2 atom stereocenters. The van der Waals surface area contributed by atoms with Crippen molar-refractivity contribution in [3.8, 4) is 0 Å². The number of alkyl carbamates (subject to hydrolysis) is 1. The number of imidazole rings is 1. The minimum absolute atomic E-state index is 0.000425. The van der Waals surface area contributed by atoms with E-state index in [1.807, 2.05) is 6.92 Å². The average molecular weight is 622 g/mol. The van der Waals surface area contributed by atoms with Crippen LogP contribution in [0.2, 0.25) is 0 Å². The number of halogens is 2. The molecule has 2 unspecified atom stereocenters. The second kappa shape index (κ2) is 16.6. The number of amidine groups is 1.